The van der Waals surface area contributed by atoms with Crippen molar-refractivity contribution in [2.24, 2.45) is 0 Å². The second kappa shape index (κ2) is 5.97. The van der Waals surface area contributed by atoms with Crippen LogP contribution in [0.5, 0.6) is 0 Å². The molecule has 66 valence electrons. The van der Waals surface area contributed by atoms with E-state index in [4.69, 9.17) is 4.74 Å². The zero-order valence-electron chi connectivity index (χ0n) is 7.22. The maximum atomic E-state index is 10.6. The van der Waals surface area contributed by atoms with E-state index < -0.39 is 6.09 Å². The summed E-state index contributed by atoms with van der Waals surface area (Å²) >= 11 is 0. The van der Waals surface area contributed by atoms with E-state index in [9.17, 15) is 4.79 Å². The van der Waals surface area contributed by atoms with Crippen LogP contribution in [0.15, 0.2) is 0 Å². The predicted octanol–water partition coefficient (Wildman–Crippen LogP) is 1.11. The summed E-state index contributed by atoms with van der Waals surface area (Å²) in [4.78, 5) is 10.6. The lowest BCUT2D eigenvalue weighted by molar-refractivity contribution is 0.0343. The van der Waals surface area contributed by atoms with Gasteiger partial charge < -0.3 is 9.47 Å². The Balaban J connectivity index is 3.58. The van der Waals surface area contributed by atoms with Gasteiger partial charge in [-0.2, -0.15) is 0 Å². The summed E-state index contributed by atoms with van der Waals surface area (Å²) in [5, 5.41) is 2.53. The molecule has 0 radical (unpaired) electrons. The summed E-state index contributed by atoms with van der Waals surface area (Å²) < 4.78 is 9.55. The van der Waals surface area contributed by atoms with Crippen molar-refractivity contribution in [1.82, 2.24) is 5.32 Å². The third kappa shape index (κ3) is 4.61. The van der Waals surface area contributed by atoms with Gasteiger partial charge in [0.1, 0.15) is 6.23 Å². The van der Waals surface area contributed by atoms with Crippen molar-refractivity contribution in [3.05, 3.63) is 0 Å². The minimum atomic E-state index is -0.453. The van der Waals surface area contributed by atoms with Crippen LogP contribution in [0.2, 0.25) is 0 Å². The van der Waals surface area contributed by atoms with Gasteiger partial charge >= 0.3 is 6.09 Å². The van der Waals surface area contributed by atoms with E-state index >= 15 is 0 Å². The lowest BCUT2D eigenvalue weighted by atomic mass is 10.4. The first-order valence-corrected chi connectivity index (χ1v) is 3.70. The molecule has 1 N–H and O–H groups in total. The van der Waals surface area contributed by atoms with Crippen LogP contribution in [0, 0.1) is 0 Å². The number of nitrogens with one attached hydrogen (secondary N) is 1. The maximum Gasteiger partial charge on any atom is 0.408 e. The molecule has 1 amide bonds. The minimum absolute atomic E-state index is 0.229. The van der Waals surface area contributed by atoms with Crippen molar-refractivity contribution in [2.75, 3.05) is 13.7 Å². The molecular weight excluding hydrogens is 146 g/mol. The highest BCUT2D eigenvalue weighted by molar-refractivity contribution is 5.67. The standard InChI is InChI=1S/C7H15NO3/c1-4-6(11-5-2)8-7(9)10-3/h6H,4-5H2,1-3H3,(H,8,9). The second-order valence-corrected chi connectivity index (χ2v) is 1.99. The van der Waals surface area contributed by atoms with Crippen molar-refractivity contribution >= 4 is 6.09 Å². The summed E-state index contributed by atoms with van der Waals surface area (Å²) in [7, 11) is 1.33. The number of alkyl carbamates (subject to hydrolysis) is 1. The topological polar surface area (TPSA) is 47.6 Å². The Labute approximate surface area is 66.9 Å². The average molecular weight is 161 g/mol. The molecule has 0 spiro atoms. The Kier molecular flexibility index (Phi) is 5.56. The summed E-state index contributed by atoms with van der Waals surface area (Å²) in [6, 6.07) is 0. The highest BCUT2D eigenvalue weighted by Gasteiger charge is 2.08. The zero-order chi connectivity index (χ0) is 8.69. The van der Waals surface area contributed by atoms with Crippen molar-refractivity contribution in [3.63, 3.8) is 0 Å². The lowest BCUT2D eigenvalue weighted by Gasteiger charge is -2.15. The Morgan fingerprint density at radius 3 is 2.55 bits per heavy atom. The molecular formula is C7H15NO3. The lowest BCUT2D eigenvalue weighted by Crippen LogP contribution is -2.36. The molecule has 0 aromatic heterocycles. The van der Waals surface area contributed by atoms with Gasteiger partial charge in [0.05, 0.1) is 7.11 Å². The average Bonchev–Trinajstić information content (AvgIpc) is 2.03. The molecule has 0 aromatic carbocycles. The fourth-order valence-electron chi connectivity index (χ4n) is 0.653. The molecule has 1 atom stereocenters. The van der Waals surface area contributed by atoms with Gasteiger partial charge in [-0.25, -0.2) is 4.79 Å². The summed E-state index contributed by atoms with van der Waals surface area (Å²) in [5.41, 5.74) is 0. The van der Waals surface area contributed by atoms with E-state index in [1.165, 1.54) is 7.11 Å². The maximum absolute atomic E-state index is 10.6. The molecule has 1 unspecified atom stereocenters. The van der Waals surface area contributed by atoms with Crippen LogP contribution in [0.25, 0.3) is 0 Å². The zero-order valence-corrected chi connectivity index (χ0v) is 7.22. The van der Waals surface area contributed by atoms with Gasteiger partial charge in [0.15, 0.2) is 0 Å². The number of methoxy groups -OCH3 is 1. The Morgan fingerprint density at radius 1 is 1.55 bits per heavy atom. The van der Waals surface area contributed by atoms with Crippen molar-refractivity contribution in [1.29, 1.82) is 0 Å². The number of ether oxygens (including phenoxy) is 2. The van der Waals surface area contributed by atoms with Gasteiger partial charge in [-0.15, -0.1) is 0 Å². The van der Waals surface area contributed by atoms with Crippen molar-refractivity contribution < 1.29 is 14.3 Å². The number of carbonyl (C=O) groups excluding carboxylic acids is 1. The molecule has 0 saturated heterocycles. The first-order valence-electron chi connectivity index (χ1n) is 3.70. The van der Waals surface area contributed by atoms with E-state index in [1.807, 2.05) is 13.8 Å². The van der Waals surface area contributed by atoms with E-state index in [-0.39, 0.29) is 6.23 Å². The molecule has 0 rings (SSSR count). The second-order valence-electron chi connectivity index (χ2n) is 1.99. The third-order valence-electron chi connectivity index (χ3n) is 1.20. The third-order valence-corrected chi connectivity index (χ3v) is 1.20. The Morgan fingerprint density at radius 2 is 2.18 bits per heavy atom. The molecule has 4 nitrogen and oxygen atoms in total. The van der Waals surface area contributed by atoms with Crippen LogP contribution >= 0.6 is 0 Å². The summed E-state index contributed by atoms with van der Waals surface area (Å²) in [5.74, 6) is 0. The normalized spacial score (nSPS) is 12.3. The monoisotopic (exact) mass is 161 g/mol. The fraction of sp³-hybridized carbons (Fsp3) is 0.857. The molecule has 0 aliphatic rings. The van der Waals surface area contributed by atoms with Gasteiger partial charge in [-0.1, -0.05) is 6.92 Å². The largest absolute Gasteiger partial charge is 0.453 e. The van der Waals surface area contributed by atoms with Crippen LogP contribution in [0.4, 0.5) is 4.79 Å². The summed E-state index contributed by atoms with van der Waals surface area (Å²) in [6.45, 7) is 4.39. The first-order chi connectivity index (χ1) is 5.24. The molecule has 0 saturated carbocycles. The quantitative estimate of drug-likeness (QED) is 0.628. The van der Waals surface area contributed by atoms with E-state index in [0.29, 0.717) is 6.61 Å². The summed E-state index contributed by atoms with van der Waals surface area (Å²) in [6.07, 6.45) is 0.0564. The Hall–Kier alpha value is -0.770. The molecule has 0 aliphatic heterocycles. The molecule has 4 heteroatoms. The van der Waals surface area contributed by atoms with Crippen LogP contribution in [0.3, 0.4) is 0 Å². The minimum Gasteiger partial charge on any atom is -0.453 e. The van der Waals surface area contributed by atoms with Crippen LogP contribution < -0.4 is 5.32 Å². The molecule has 0 bridgehead atoms. The van der Waals surface area contributed by atoms with Gasteiger partial charge in [0.25, 0.3) is 0 Å². The highest BCUT2D eigenvalue weighted by Crippen LogP contribution is 1.93. The smallest absolute Gasteiger partial charge is 0.408 e. The number of rotatable bonds is 4. The van der Waals surface area contributed by atoms with Crippen molar-refractivity contribution in [3.8, 4) is 0 Å². The first kappa shape index (κ1) is 10.2. The number of hydrogen-bond acceptors (Lipinski definition) is 3. The fourth-order valence-corrected chi connectivity index (χ4v) is 0.653. The number of amides is 1. The molecule has 0 fully saturated rings. The number of hydrogen-bond donors (Lipinski definition) is 1. The van der Waals surface area contributed by atoms with Crippen LogP contribution in [-0.2, 0) is 9.47 Å². The predicted molar refractivity (Wildman–Crippen MR) is 41.2 cm³/mol. The number of carbonyl (C=O) groups is 1. The SMILES string of the molecule is CCOC(CC)NC(=O)OC. The molecule has 0 aromatic rings. The van der Waals surface area contributed by atoms with E-state index in [2.05, 4.69) is 10.1 Å². The molecule has 0 heterocycles. The van der Waals surface area contributed by atoms with Gasteiger partial charge in [0.2, 0.25) is 0 Å². The molecule has 0 aliphatic carbocycles. The van der Waals surface area contributed by atoms with Crippen LogP contribution in [-0.4, -0.2) is 26.0 Å². The van der Waals surface area contributed by atoms with E-state index in [1.54, 1.807) is 0 Å². The van der Waals surface area contributed by atoms with Crippen LogP contribution in [0.1, 0.15) is 20.3 Å². The van der Waals surface area contributed by atoms with Crippen molar-refractivity contribution in [2.45, 2.75) is 26.5 Å². The van der Waals surface area contributed by atoms with Gasteiger partial charge in [0, 0.05) is 6.61 Å². The molecule has 11 heavy (non-hydrogen) atoms. The highest BCUT2D eigenvalue weighted by atomic mass is 16.6. The van der Waals surface area contributed by atoms with Gasteiger partial charge in [-0.3, -0.25) is 5.32 Å². The van der Waals surface area contributed by atoms with E-state index in [0.717, 1.165) is 6.42 Å². The van der Waals surface area contributed by atoms with Gasteiger partial charge in [-0.05, 0) is 13.3 Å². The Bertz CT molecular complexity index is 116.